The maximum Gasteiger partial charge on any atom is 0.573 e. The van der Waals surface area contributed by atoms with Crippen LogP contribution in [0.4, 0.5) is 13.2 Å². The summed E-state index contributed by atoms with van der Waals surface area (Å²) >= 11 is 3.12. The number of imidazole rings is 1. The van der Waals surface area contributed by atoms with Gasteiger partial charge in [-0.15, -0.1) is 13.2 Å². The summed E-state index contributed by atoms with van der Waals surface area (Å²) in [4.78, 5) is 17.7. The Balaban J connectivity index is 2.04. The summed E-state index contributed by atoms with van der Waals surface area (Å²) in [5.74, 6) is -1.43. The molecule has 0 saturated heterocycles. The molecule has 3 aromatic rings. The average molecular weight is 391 g/mol. The van der Waals surface area contributed by atoms with Gasteiger partial charge in [0.1, 0.15) is 11.3 Å². The molecule has 7 nitrogen and oxygen atoms in total. The van der Waals surface area contributed by atoms with E-state index in [0.717, 1.165) is 18.3 Å². The number of carbonyl (C=O) groups is 1. The minimum absolute atomic E-state index is 0.0504. The molecule has 0 unspecified atom stereocenters. The Labute approximate surface area is 133 Å². The van der Waals surface area contributed by atoms with Crippen molar-refractivity contribution < 1.29 is 27.8 Å². The van der Waals surface area contributed by atoms with Crippen LogP contribution in [0.5, 0.6) is 5.75 Å². The third kappa shape index (κ3) is 3.13. The highest BCUT2D eigenvalue weighted by Crippen LogP contribution is 2.31. The third-order valence-corrected chi connectivity index (χ3v) is 3.39. The maximum absolute atomic E-state index is 12.3. The number of aromatic nitrogens is 4. The van der Waals surface area contributed by atoms with Crippen molar-refractivity contribution in [1.82, 2.24) is 19.7 Å². The lowest BCUT2D eigenvalue weighted by molar-refractivity contribution is -0.274. The number of halogens is 4. The summed E-state index contributed by atoms with van der Waals surface area (Å²) in [6, 6.07) is 2.26. The number of benzene rings is 1. The van der Waals surface area contributed by atoms with E-state index in [4.69, 9.17) is 5.11 Å². The lowest BCUT2D eigenvalue weighted by Crippen LogP contribution is -2.17. The van der Waals surface area contributed by atoms with Crippen LogP contribution >= 0.6 is 15.9 Å². The zero-order valence-electron chi connectivity index (χ0n) is 10.9. The Bertz CT molecular complexity index is 903. The van der Waals surface area contributed by atoms with E-state index in [2.05, 4.69) is 35.7 Å². The lowest BCUT2D eigenvalue weighted by atomic mass is 10.3. The van der Waals surface area contributed by atoms with Crippen molar-refractivity contribution in [1.29, 1.82) is 0 Å². The van der Waals surface area contributed by atoms with Crippen LogP contribution in [-0.4, -0.2) is 37.2 Å². The molecule has 2 N–H and O–H groups in total. The van der Waals surface area contributed by atoms with E-state index < -0.39 is 18.1 Å². The second-order valence-corrected chi connectivity index (χ2v) is 5.24. The summed E-state index contributed by atoms with van der Waals surface area (Å²) in [6.45, 7) is 0. The van der Waals surface area contributed by atoms with Crippen molar-refractivity contribution in [2.45, 2.75) is 6.36 Å². The molecule has 0 fully saturated rings. The fourth-order valence-corrected chi connectivity index (χ4v) is 2.42. The largest absolute Gasteiger partial charge is 0.573 e. The molecule has 0 aliphatic heterocycles. The predicted molar refractivity (Wildman–Crippen MR) is 74.6 cm³/mol. The zero-order valence-corrected chi connectivity index (χ0v) is 12.5. The number of nitrogens with zero attached hydrogens (tertiary/aromatic N) is 3. The van der Waals surface area contributed by atoms with Crippen molar-refractivity contribution >= 4 is 32.9 Å². The number of ether oxygens (including phenoxy) is 1. The molecule has 3 rings (SSSR count). The molecule has 2 heterocycles. The van der Waals surface area contributed by atoms with Crippen LogP contribution in [0, 0.1) is 0 Å². The molecule has 0 radical (unpaired) electrons. The quantitative estimate of drug-likeness (QED) is 0.716. The highest BCUT2D eigenvalue weighted by Gasteiger charge is 2.31. The van der Waals surface area contributed by atoms with Crippen molar-refractivity contribution in [3.05, 3.63) is 34.6 Å². The molecular formula is C12H6BrF3N4O3. The smallest absolute Gasteiger partial charge is 0.478 e. The molecular weight excluding hydrogens is 385 g/mol. The zero-order chi connectivity index (χ0) is 16.8. The Hall–Kier alpha value is -2.56. The molecule has 0 saturated carbocycles. The van der Waals surface area contributed by atoms with Gasteiger partial charge in [-0.2, -0.15) is 5.10 Å². The summed E-state index contributed by atoms with van der Waals surface area (Å²) in [6.07, 6.45) is -2.46. The van der Waals surface area contributed by atoms with Gasteiger partial charge in [-0.3, -0.25) is 0 Å². The molecule has 0 aliphatic carbocycles. The van der Waals surface area contributed by atoms with Gasteiger partial charge in [0.05, 0.1) is 17.3 Å². The monoisotopic (exact) mass is 390 g/mol. The molecule has 0 spiro atoms. The van der Waals surface area contributed by atoms with E-state index >= 15 is 0 Å². The van der Waals surface area contributed by atoms with Gasteiger partial charge < -0.3 is 14.8 Å². The Morgan fingerprint density at radius 2 is 2.13 bits per heavy atom. The molecule has 2 aromatic heterocycles. The lowest BCUT2D eigenvalue weighted by Gasteiger charge is -2.08. The van der Waals surface area contributed by atoms with Gasteiger partial charge in [0.15, 0.2) is 0 Å². The standard InChI is InChI=1S/C12H6BrF3N4O3/c13-7-1-6(23-12(14,15)16)2-8-9(7)19-11(18-8)20-4-5(3-17-20)10(21)22/h1-4H,(H,18,19)(H,21,22). The summed E-state index contributed by atoms with van der Waals surface area (Å²) in [7, 11) is 0. The van der Waals surface area contributed by atoms with Crippen LogP contribution in [-0.2, 0) is 0 Å². The van der Waals surface area contributed by atoms with Crippen molar-refractivity contribution in [2.75, 3.05) is 0 Å². The second-order valence-electron chi connectivity index (χ2n) is 4.39. The number of carboxylic acid groups (broad SMARTS) is 1. The Kier molecular flexibility index (Phi) is 3.51. The van der Waals surface area contributed by atoms with Gasteiger partial charge in [0.25, 0.3) is 0 Å². The van der Waals surface area contributed by atoms with E-state index in [1.54, 1.807) is 0 Å². The number of carboxylic acids is 1. The van der Waals surface area contributed by atoms with Gasteiger partial charge in [-0.25, -0.2) is 14.5 Å². The summed E-state index contributed by atoms with van der Waals surface area (Å²) in [5.41, 5.74) is 0.563. The van der Waals surface area contributed by atoms with Crippen LogP contribution in [0.15, 0.2) is 29.0 Å². The minimum Gasteiger partial charge on any atom is -0.478 e. The first-order valence-corrected chi connectivity index (χ1v) is 6.75. The van der Waals surface area contributed by atoms with Gasteiger partial charge in [0, 0.05) is 16.7 Å². The van der Waals surface area contributed by atoms with Crippen LogP contribution in [0.1, 0.15) is 10.4 Å². The first-order chi connectivity index (χ1) is 10.7. The number of alkyl halides is 3. The molecule has 11 heteroatoms. The molecule has 0 amide bonds. The van der Waals surface area contributed by atoms with Gasteiger partial charge in [0.2, 0.25) is 5.95 Å². The summed E-state index contributed by atoms with van der Waals surface area (Å²) in [5, 5.41) is 12.7. The number of hydrogen-bond donors (Lipinski definition) is 2. The first kappa shape index (κ1) is 15.3. The highest BCUT2D eigenvalue weighted by molar-refractivity contribution is 9.10. The number of rotatable bonds is 3. The van der Waals surface area contributed by atoms with E-state index in [0.29, 0.717) is 5.52 Å². The molecule has 23 heavy (non-hydrogen) atoms. The van der Waals surface area contributed by atoms with Crippen LogP contribution in [0.2, 0.25) is 0 Å². The number of H-pyrrole nitrogens is 1. The molecule has 1 aromatic carbocycles. The number of fused-ring (bicyclic) bond motifs is 1. The fourth-order valence-electron chi connectivity index (χ4n) is 1.89. The maximum atomic E-state index is 12.3. The SMILES string of the molecule is O=C(O)c1cnn(-c2nc3c(Br)cc(OC(F)(F)F)cc3[nH]2)c1. The number of aromatic carboxylic acids is 1. The van der Waals surface area contributed by atoms with Crippen LogP contribution in [0.25, 0.3) is 17.0 Å². The summed E-state index contributed by atoms with van der Waals surface area (Å²) < 4.78 is 42.2. The molecule has 0 atom stereocenters. The molecule has 0 aliphatic rings. The van der Waals surface area contributed by atoms with Crippen molar-refractivity contribution in [2.24, 2.45) is 0 Å². The number of nitrogens with one attached hydrogen (secondary N) is 1. The second kappa shape index (κ2) is 5.26. The third-order valence-electron chi connectivity index (χ3n) is 2.78. The van der Waals surface area contributed by atoms with Gasteiger partial charge in [-0.05, 0) is 22.0 Å². The van der Waals surface area contributed by atoms with E-state index in [1.165, 1.54) is 10.9 Å². The van der Waals surface area contributed by atoms with Gasteiger partial charge in [-0.1, -0.05) is 0 Å². The first-order valence-electron chi connectivity index (χ1n) is 5.96. The fraction of sp³-hybridized carbons (Fsp3) is 0.0833. The van der Waals surface area contributed by atoms with E-state index in [-0.39, 0.29) is 21.5 Å². The van der Waals surface area contributed by atoms with E-state index in [1.807, 2.05) is 0 Å². The Morgan fingerprint density at radius 3 is 2.74 bits per heavy atom. The van der Waals surface area contributed by atoms with Crippen molar-refractivity contribution in [3.63, 3.8) is 0 Å². The number of aromatic amines is 1. The topological polar surface area (TPSA) is 93.0 Å². The predicted octanol–water partition coefficient (Wildman–Crippen LogP) is 3.11. The van der Waals surface area contributed by atoms with Crippen LogP contribution < -0.4 is 4.74 Å². The van der Waals surface area contributed by atoms with Crippen LogP contribution in [0.3, 0.4) is 0 Å². The minimum atomic E-state index is -4.81. The van der Waals surface area contributed by atoms with E-state index in [9.17, 15) is 18.0 Å². The molecule has 120 valence electrons. The number of hydrogen-bond acceptors (Lipinski definition) is 4. The Morgan fingerprint density at radius 1 is 1.39 bits per heavy atom. The molecule has 0 bridgehead atoms. The average Bonchev–Trinajstić information content (AvgIpc) is 3.01. The van der Waals surface area contributed by atoms with Crippen molar-refractivity contribution in [3.8, 4) is 11.7 Å². The normalized spacial score (nSPS) is 11.8. The highest BCUT2D eigenvalue weighted by atomic mass is 79.9. The van der Waals surface area contributed by atoms with Gasteiger partial charge >= 0.3 is 12.3 Å².